The van der Waals surface area contributed by atoms with Gasteiger partial charge in [-0.15, -0.1) is 0 Å². The molecule has 1 aliphatic carbocycles. The van der Waals surface area contributed by atoms with Crippen LogP contribution in [-0.2, 0) is 0 Å². The van der Waals surface area contributed by atoms with Gasteiger partial charge in [-0.05, 0) is 47.4 Å². The van der Waals surface area contributed by atoms with Crippen molar-refractivity contribution in [2.75, 3.05) is 0 Å². The molecule has 3 atom stereocenters. The number of hydrogen-bond acceptors (Lipinski definition) is 1. The average Bonchev–Trinajstić information content (AvgIpc) is 2.54. The fourth-order valence-corrected chi connectivity index (χ4v) is 4.04. The van der Waals surface area contributed by atoms with E-state index in [1.165, 1.54) is 12.8 Å². The topological polar surface area (TPSA) is 29.1 Å². The summed E-state index contributed by atoms with van der Waals surface area (Å²) in [7, 11) is 0. The van der Waals surface area contributed by atoms with E-state index in [0.29, 0.717) is 23.8 Å². The van der Waals surface area contributed by atoms with Gasteiger partial charge in [0.2, 0.25) is 0 Å². The predicted octanol–water partition coefficient (Wildman–Crippen LogP) is 5.03. The van der Waals surface area contributed by atoms with Crippen molar-refractivity contribution < 1.29 is 4.79 Å². The Balaban J connectivity index is 1.84. The summed E-state index contributed by atoms with van der Waals surface area (Å²) in [5, 5.41) is 5.51. The molecular weight excluding hydrogens is 282 g/mol. The monoisotopic (exact) mass is 309 g/mol. The zero-order valence-electron chi connectivity index (χ0n) is 14.4. The van der Waals surface area contributed by atoms with Crippen LogP contribution < -0.4 is 5.32 Å². The Morgan fingerprint density at radius 3 is 2.61 bits per heavy atom. The lowest BCUT2D eigenvalue weighted by Gasteiger charge is -2.37. The van der Waals surface area contributed by atoms with Crippen LogP contribution in [0.5, 0.6) is 0 Å². The second-order valence-electron chi connectivity index (χ2n) is 7.43. The maximum atomic E-state index is 12.9. The maximum absolute atomic E-state index is 12.9. The molecule has 0 saturated heterocycles. The molecule has 2 aromatic rings. The molecule has 122 valence electrons. The van der Waals surface area contributed by atoms with Crippen molar-refractivity contribution in [2.45, 2.75) is 46.1 Å². The van der Waals surface area contributed by atoms with Crippen molar-refractivity contribution in [1.29, 1.82) is 0 Å². The molecule has 0 radical (unpaired) electrons. The van der Waals surface area contributed by atoms with Crippen molar-refractivity contribution in [1.82, 2.24) is 5.32 Å². The molecule has 0 bridgehead atoms. The van der Waals surface area contributed by atoms with E-state index in [1.54, 1.807) is 0 Å². The van der Waals surface area contributed by atoms with E-state index in [4.69, 9.17) is 0 Å². The van der Waals surface area contributed by atoms with Crippen LogP contribution in [0.1, 0.15) is 50.4 Å². The van der Waals surface area contributed by atoms with Crippen LogP contribution in [0, 0.1) is 17.8 Å². The first-order chi connectivity index (χ1) is 11.1. The highest BCUT2D eigenvalue weighted by Crippen LogP contribution is 2.33. The van der Waals surface area contributed by atoms with E-state index in [2.05, 4.69) is 38.2 Å². The number of carbonyl (C=O) groups is 1. The first-order valence-electron chi connectivity index (χ1n) is 8.85. The van der Waals surface area contributed by atoms with Crippen molar-refractivity contribution in [2.24, 2.45) is 17.8 Å². The highest BCUT2D eigenvalue weighted by molar-refractivity contribution is 6.07. The van der Waals surface area contributed by atoms with Crippen LogP contribution in [0.15, 0.2) is 42.5 Å². The SMILES string of the molecule is CC(C)[C@@H]1CC[C@H](C)C[C@@H]1NC(=O)c1cccc2ccccc12. The van der Waals surface area contributed by atoms with Crippen LogP contribution in [0.3, 0.4) is 0 Å². The van der Waals surface area contributed by atoms with Crippen molar-refractivity contribution in [3.63, 3.8) is 0 Å². The Labute approximate surface area is 139 Å². The summed E-state index contributed by atoms with van der Waals surface area (Å²) in [5.74, 6) is 1.97. The van der Waals surface area contributed by atoms with E-state index in [-0.39, 0.29) is 5.91 Å². The standard InChI is InChI=1S/C21H27NO/c1-14(2)17-12-11-15(3)13-20(17)22-21(23)19-10-6-8-16-7-4-5-9-18(16)19/h4-10,14-15,17,20H,11-13H2,1-3H3,(H,22,23)/t15-,17-,20-/m0/s1. The largest absolute Gasteiger partial charge is 0.349 e. The Morgan fingerprint density at radius 2 is 1.83 bits per heavy atom. The number of fused-ring (bicyclic) bond motifs is 1. The summed E-state index contributed by atoms with van der Waals surface area (Å²) in [6.07, 6.45) is 3.60. The second-order valence-corrected chi connectivity index (χ2v) is 7.43. The Kier molecular flexibility index (Phi) is 4.70. The third kappa shape index (κ3) is 3.41. The minimum absolute atomic E-state index is 0.0755. The number of benzene rings is 2. The fourth-order valence-electron chi connectivity index (χ4n) is 4.04. The van der Waals surface area contributed by atoms with E-state index >= 15 is 0 Å². The number of hydrogen-bond donors (Lipinski definition) is 1. The molecule has 0 heterocycles. The zero-order chi connectivity index (χ0) is 16.4. The minimum atomic E-state index is 0.0755. The number of nitrogens with one attached hydrogen (secondary N) is 1. The third-order valence-electron chi connectivity index (χ3n) is 5.37. The van der Waals surface area contributed by atoms with Crippen molar-refractivity contribution in [3.8, 4) is 0 Å². The number of carbonyl (C=O) groups excluding carboxylic acids is 1. The Hall–Kier alpha value is -1.83. The van der Waals surface area contributed by atoms with Crippen LogP contribution in [0.2, 0.25) is 0 Å². The number of rotatable bonds is 3. The van der Waals surface area contributed by atoms with Gasteiger partial charge in [0, 0.05) is 11.6 Å². The van der Waals surface area contributed by atoms with Gasteiger partial charge in [-0.2, -0.15) is 0 Å². The van der Waals surface area contributed by atoms with Gasteiger partial charge in [-0.25, -0.2) is 0 Å². The molecule has 1 fully saturated rings. The molecule has 3 rings (SSSR count). The molecule has 0 aliphatic heterocycles. The molecule has 23 heavy (non-hydrogen) atoms. The lowest BCUT2D eigenvalue weighted by Crippen LogP contribution is -2.45. The summed E-state index contributed by atoms with van der Waals surface area (Å²) in [5.41, 5.74) is 0.795. The van der Waals surface area contributed by atoms with E-state index in [0.717, 1.165) is 22.8 Å². The van der Waals surface area contributed by atoms with Gasteiger partial charge >= 0.3 is 0 Å². The predicted molar refractivity (Wildman–Crippen MR) is 96.5 cm³/mol. The molecule has 2 heteroatoms. The summed E-state index contributed by atoms with van der Waals surface area (Å²) in [6.45, 7) is 6.85. The second kappa shape index (κ2) is 6.74. The van der Waals surface area contributed by atoms with Crippen LogP contribution in [0.25, 0.3) is 10.8 Å². The van der Waals surface area contributed by atoms with Crippen molar-refractivity contribution in [3.05, 3.63) is 48.0 Å². The maximum Gasteiger partial charge on any atom is 0.252 e. The normalized spacial score (nSPS) is 24.8. The van der Waals surface area contributed by atoms with Gasteiger partial charge in [0.25, 0.3) is 5.91 Å². The van der Waals surface area contributed by atoms with Crippen LogP contribution >= 0.6 is 0 Å². The molecule has 0 unspecified atom stereocenters. The molecular formula is C21H27NO. The lowest BCUT2D eigenvalue weighted by molar-refractivity contribution is 0.0869. The molecule has 2 aromatic carbocycles. The van der Waals surface area contributed by atoms with E-state index in [1.807, 2.05) is 30.3 Å². The first kappa shape index (κ1) is 16.0. The minimum Gasteiger partial charge on any atom is -0.349 e. The van der Waals surface area contributed by atoms with Gasteiger partial charge in [0.05, 0.1) is 0 Å². The van der Waals surface area contributed by atoms with Gasteiger partial charge in [0.15, 0.2) is 0 Å². The van der Waals surface area contributed by atoms with Gasteiger partial charge < -0.3 is 5.32 Å². The van der Waals surface area contributed by atoms with Crippen molar-refractivity contribution >= 4 is 16.7 Å². The molecule has 1 saturated carbocycles. The smallest absolute Gasteiger partial charge is 0.252 e. The average molecular weight is 309 g/mol. The Bertz CT molecular complexity index is 686. The van der Waals surface area contributed by atoms with E-state index in [9.17, 15) is 4.79 Å². The first-order valence-corrected chi connectivity index (χ1v) is 8.85. The summed E-state index contributed by atoms with van der Waals surface area (Å²) in [6, 6.07) is 14.4. The Morgan fingerprint density at radius 1 is 1.09 bits per heavy atom. The fraction of sp³-hybridized carbons (Fsp3) is 0.476. The molecule has 0 aromatic heterocycles. The van der Waals surface area contributed by atoms with Crippen LogP contribution in [-0.4, -0.2) is 11.9 Å². The van der Waals surface area contributed by atoms with Gasteiger partial charge in [0.1, 0.15) is 0 Å². The van der Waals surface area contributed by atoms with Gasteiger partial charge in [-0.1, -0.05) is 63.6 Å². The highest BCUT2D eigenvalue weighted by Gasteiger charge is 2.32. The summed E-state index contributed by atoms with van der Waals surface area (Å²) < 4.78 is 0. The molecule has 0 spiro atoms. The van der Waals surface area contributed by atoms with Gasteiger partial charge in [-0.3, -0.25) is 4.79 Å². The highest BCUT2D eigenvalue weighted by atomic mass is 16.1. The number of amides is 1. The third-order valence-corrected chi connectivity index (χ3v) is 5.37. The molecule has 1 aliphatic rings. The summed E-state index contributed by atoms with van der Waals surface area (Å²) >= 11 is 0. The lowest BCUT2D eigenvalue weighted by atomic mass is 9.74. The molecule has 1 amide bonds. The van der Waals surface area contributed by atoms with E-state index < -0.39 is 0 Å². The molecule has 1 N–H and O–H groups in total. The van der Waals surface area contributed by atoms with Crippen LogP contribution in [0.4, 0.5) is 0 Å². The quantitative estimate of drug-likeness (QED) is 0.846. The zero-order valence-corrected chi connectivity index (χ0v) is 14.4. The summed E-state index contributed by atoms with van der Waals surface area (Å²) in [4.78, 5) is 12.9. The molecule has 2 nitrogen and oxygen atoms in total.